The first kappa shape index (κ1) is 15.6. The summed E-state index contributed by atoms with van der Waals surface area (Å²) in [5.41, 5.74) is 1.42. The molecule has 1 N–H and O–H groups in total. The van der Waals surface area contributed by atoms with Gasteiger partial charge < -0.3 is 10.2 Å². The van der Waals surface area contributed by atoms with Crippen LogP contribution in [0.3, 0.4) is 0 Å². The van der Waals surface area contributed by atoms with Gasteiger partial charge in [-0.15, -0.1) is 0 Å². The summed E-state index contributed by atoms with van der Waals surface area (Å²) in [6.07, 6.45) is 4.21. The van der Waals surface area contributed by atoms with Crippen molar-refractivity contribution in [2.75, 3.05) is 31.5 Å². The Kier molecular flexibility index (Phi) is 4.04. The van der Waals surface area contributed by atoms with Crippen molar-refractivity contribution in [3.05, 3.63) is 29.8 Å². The molecule has 128 valence electrons. The van der Waals surface area contributed by atoms with Gasteiger partial charge in [-0.3, -0.25) is 14.5 Å². The van der Waals surface area contributed by atoms with Gasteiger partial charge in [-0.1, -0.05) is 6.42 Å². The lowest BCUT2D eigenvalue weighted by Gasteiger charge is -2.44. The van der Waals surface area contributed by atoms with Gasteiger partial charge in [0.05, 0.1) is 0 Å². The van der Waals surface area contributed by atoms with E-state index in [0.717, 1.165) is 30.6 Å². The molecule has 5 nitrogen and oxygen atoms in total. The minimum atomic E-state index is -0.102. The lowest BCUT2D eigenvalue weighted by molar-refractivity contribution is -0.114. The van der Waals surface area contributed by atoms with E-state index >= 15 is 0 Å². The Labute approximate surface area is 143 Å². The molecule has 0 aromatic heterocycles. The van der Waals surface area contributed by atoms with E-state index in [-0.39, 0.29) is 11.8 Å². The Morgan fingerprint density at radius 3 is 2.21 bits per heavy atom. The standard InChI is InChI=1S/C19H25N3O2/c1-13(23)20-17-7-5-14(6-8-17)19(24)22-11-18(12-22)21-9-15-3-2-4-16(15)10-21/h5-8,15-16,18H,2-4,9-12H2,1H3,(H,20,23). The maximum Gasteiger partial charge on any atom is 0.253 e. The molecule has 1 aromatic rings. The molecular formula is C19H25N3O2. The number of fused-ring (bicyclic) bond motifs is 1. The van der Waals surface area contributed by atoms with Gasteiger partial charge in [0.2, 0.25) is 5.91 Å². The monoisotopic (exact) mass is 327 g/mol. The summed E-state index contributed by atoms with van der Waals surface area (Å²) in [6, 6.07) is 7.71. The average Bonchev–Trinajstić information content (AvgIpc) is 3.07. The van der Waals surface area contributed by atoms with Crippen LogP contribution in [0.4, 0.5) is 5.69 Å². The van der Waals surface area contributed by atoms with Gasteiger partial charge in [-0.25, -0.2) is 0 Å². The average molecular weight is 327 g/mol. The molecule has 1 aliphatic carbocycles. The summed E-state index contributed by atoms with van der Waals surface area (Å²) < 4.78 is 0. The molecule has 1 saturated carbocycles. The second kappa shape index (κ2) is 6.20. The van der Waals surface area contributed by atoms with Crippen LogP contribution in [0.2, 0.25) is 0 Å². The fraction of sp³-hybridized carbons (Fsp3) is 0.579. The van der Waals surface area contributed by atoms with Crippen LogP contribution in [0.15, 0.2) is 24.3 Å². The largest absolute Gasteiger partial charge is 0.335 e. The molecule has 0 spiro atoms. The summed E-state index contributed by atoms with van der Waals surface area (Å²) >= 11 is 0. The van der Waals surface area contributed by atoms with Crippen LogP contribution in [0.5, 0.6) is 0 Å². The van der Waals surface area contributed by atoms with E-state index in [1.165, 1.54) is 39.3 Å². The van der Waals surface area contributed by atoms with E-state index in [4.69, 9.17) is 0 Å². The van der Waals surface area contributed by atoms with Crippen molar-refractivity contribution < 1.29 is 9.59 Å². The Morgan fingerprint density at radius 2 is 1.62 bits per heavy atom. The summed E-state index contributed by atoms with van der Waals surface area (Å²) in [5, 5.41) is 2.72. The van der Waals surface area contributed by atoms with Crippen LogP contribution in [0.1, 0.15) is 36.5 Å². The Balaban J connectivity index is 1.30. The van der Waals surface area contributed by atoms with Crippen LogP contribution in [0, 0.1) is 11.8 Å². The smallest absolute Gasteiger partial charge is 0.253 e. The first-order chi connectivity index (χ1) is 11.6. The SMILES string of the molecule is CC(=O)Nc1ccc(C(=O)N2CC(N3CC4CCCC4C3)C2)cc1. The molecule has 0 radical (unpaired) electrons. The number of carbonyl (C=O) groups is 2. The third kappa shape index (κ3) is 2.93. The first-order valence-electron chi connectivity index (χ1n) is 9.01. The molecule has 3 aliphatic rings. The number of nitrogens with zero attached hydrogens (tertiary/aromatic N) is 2. The molecule has 2 unspecified atom stereocenters. The van der Waals surface area contributed by atoms with Crippen molar-refractivity contribution in [3.63, 3.8) is 0 Å². The minimum absolute atomic E-state index is 0.0972. The van der Waals surface area contributed by atoms with E-state index in [0.29, 0.717) is 11.6 Å². The predicted molar refractivity (Wildman–Crippen MR) is 92.8 cm³/mol. The summed E-state index contributed by atoms with van der Waals surface area (Å²) in [7, 11) is 0. The van der Waals surface area contributed by atoms with Crippen molar-refractivity contribution in [2.24, 2.45) is 11.8 Å². The van der Waals surface area contributed by atoms with Crippen LogP contribution < -0.4 is 5.32 Å². The van der Waals surface area contributed by atoms with Crippen LogP contribution in [0.25, 0.3) is 0 Å². The normalized spacial score (nSPS) is 27.0. The maximum atomic E-state index is 12.5. The number of nitrogens with one attached hydrogen (secondary N) is 1. The second-order valence-corrected chi connectivity index (χ2v) is 7.53. The van der Waals surface area contributed by atoms with E-state index in [9.17, 15) is 9.59 Å². The summed E-state index contributed by atoms with van der Waals surface area (Å²) in [4.78, 5) is 28.1. The number of amides is 2. The Morgan fingerprint density at radius 1 is 1.00 bits per heavy atom. The Bertz CT molecular complexity index is 625. The first-order valence-corrected chi connectivity index (χ1v) is 9.01. The summed E-state index contributed by atoms with van der Waals surface area (Å²) in [5.74, 6) is 1.82. The lowest BCUT2D eigenvalue weighted by atomic mass is 10.0. The van der Waals surface area contributed by atoms with E-state index in [1.807, 2.05) is 4.90 Å². The van der Waals surface area contributed by atoms with Crippen molar-refractivity contribution in [3.8, 4) is 0 Å². The van der Waals surface area contributed by atoms with Gasteiger partial charge in [0.1, 0.15) is 0 Å². The minimum Gasteiger partial charge on any atom is -0.335 e. The molecule has 24 heavy (non-hydrogen) atoms. The van der Waals surface area contributed by atoms with Crippen LogP contribution in [-0.4, -0.2) is 53.8 Å². The molecular weight excluding hydrogens is 302 g/mol. The highest BCUT2D eigenvalue weighted by Crippen LogP contribution is 2.39. The zero-order valence-corrected chi connectivity index (χ0v) is 14.2. The number of anilines is 1. The molecule has 4 rings (SSSR count). The van der Waals surface area contributed by atoms with Crippen molar-refractivity contribution in [1.82, 2.24) is 9.80 Å². The molecule has 2 atom stereocenters. The van der Waals surface area contributed by atoms with Gasteiger partial charge in [0, 0.05) is 50.4 Å². The number of benzene rings is 1. The maximum absolute atomic E-state index is 12.5. The van der Waals surface area contributed by atoms with Gasteiger partial charge in [0.25, 0.3) is 5.91 Å². The molecule has 3 fully saturated rings. The van der Waals surface area contributed by atoms with Gasteiger partial charge >= 0.3 is 0 Å². The molecule has 2 saturated heterocycles. The molecule has 1 aromatic carbocycles. The Hall–Kier alpha value is -1.88. The topological polar surface area (TPSA) is 52.7 Å². The third-order valence-electron chi connectivity index (χ3n) is 5.87. The number of likely N-dealkylation sites (tertiary alicyclic amines) is 2. The predicted octanol–water partition coefficient (Wildman–Crippen LogP) is 2.20. The van der Waals surface area contributed by atoms with Crippen molar-refractivity contribution in [1.29, 1.82) is 0 Å². The van der Waals surface area contributed by atoms with E-state index < -0.39 is 0 Å². The van der Waals surface area contributed by atoms with E-state index in [2.05, 4.69) is 10.2 Å². The van der Waals surface area contributed by atoms with Crippen LogP contribution >= 0.6 is 0 Å². The van der Waals surface area contributed by atoms with Crippen LogP contribution in [-0.2, 0) is 4.79 Å². The number of hydrogen-bond donors (Lipinski definition) is 1. The van der Waals surface area contributed by atoms with Crippen molar-refractivity contribution >= 4 is 17.5 Å². The third-order valence-corrected chi connectivity index (χ3v) is 5.87. The highest BCUT2D eigenvalue weighted by molar-refractivity contribution is 5.96. The quantitative estimate of drug-likeness (QED) is 0.926. The van der Waals surface area contributed by atoms with Crippen molar-refractivity contribution in [2.45, 2.75) is 32.2 Å². The number of carbonyl (C=O) groups excluding carboxylic acids is 2. The fourth-order valence-electron chi connectivity index (χ4n) is 4.50. The lowest BCUT2D eigenvalue weighted by Crippen LogP contribution is -2.60. The molecule has 2 heterocycles. The second-order valence-electron chi connectivity index (χ2n) is 7.53. The highest BCUT2D eigenvalue weighted by Gasteiger charge is 2.43. The van der Waals surface area contributed by atoms with Gasteiger partial charge in [-0.05, 0) is 48.9 Å². The zero-order valence-electron chi connectivity index (χ0n) is 14.2. The molecule has 0 bridgehead atoms. The van der Waals surface area contributed by atoms with Gasteiger partial charge in [0.15, 0.2) is 0 Å². The number of rotatable bonds is 3. The van der Waals surface area contributed by atoms with Gasteiger partial charge in [-0.2, -0.15) is 0 Å². The molecule has 2 aliphatic heterocycles. The fourth-order valence-corrected chi connectivity index (χ4v) is 4.50. The number of hydrogen-bond acceptors (Lipinski definition) is 3. The van der Waals surface area contributed by atoms with E-state index in [1.54, 1.807) is 24.3 Å². The highest BCUT2D eigenvalue weighted by atomic mass is 16.2. The zero-order chi connectivity index (χ0) is 16.7. The molecule has 2 amide bonds. The summed E-state index contributed by atoms with van der Waals surface area (Å²) in [6.45, 7) is 5.66. The molecule has 5 heteroatoms.